The standard InChI is InChI=1S/2C7H10BrSi.2ClH.Zr/c2*1-9(2,8)7-5-3-4-6-7;;;/h2*3,5H,4H2,1-2H3;2*1H;/q2*-1;;;+2. The van der Waals surface area contributed by atoms with Crippen LogP contribution in [-0.2, 0) is 26.2 Å². The summed E-state index contributed by atoms with van der Waals surface area (Å²) in [5.41, 5.74) is 0. The molecule has 2 aliphatic rings. The minimum atomic E-state index is -1.19. The fraction of sp³-hybridized carbons (Fsp3) is 0.429. The molecule has 0 radical (unpaired) electrons. The molecule has 0 aromatic rings. The molecule has 118 valence electrons. The predicted molar refractivity (Wildman–Crippen MR) is 108 cm³/mol. The van der Waals surface area contributed by atoms with Crippen molar-refractivity contribution in [2.75, 3.05) is 0 Å². The minimum absolute atomic E-state index is 0. The third-order valence-corrected chi connectivity index (χ3v) is 8.48. The summed E-state index contributed by atoms with van der Waals surface area (Å²) < 4.78 is 0. The molecule has 2 aliphatic carbocycles. The summed E-state index contributed by atoms with van der Waals surface area (Å²) in [6, 6.07) is 0. The Balaban J connectivity index is -0.000000270. The normalized spacial score (nSPS) is 15.7. The van der Waals surface area contributed by atoms with Crippen LogP contribution in [0.4, 0.5) is 0 Å². The Morgan fingerprint density at radius 2 is 1.10 bits per heavy atom. The Kier molecular flexibility index (Phi) is 16.1. The fourth-order valence-electron chi connectivity index (χ4n) is 1.63. The maximum absolute atomic E-state index is 3.69. The quantitative estimate of drug-likeness (QED) is 0.204. The second kappa shape index (κ2) is 12.2. The van der Waals surface area contributed by atoms with E-state index in [0.717, 1.165) is 12.8 Å². The number of hydrogen-bond donors (Lipinski definition) is 0. The van der Waals surface area contributed by atoms with E-state index in [9.17, 15) is 0 Å². The van der Waals surface area contributed by atoms with Crippen molar-refractivity contribution in [3.63, 3.8) is 0 Å². The number of allylic oxidation sites excluding steroid dienone is 8. The topological polar surface area (TPSA) is 0 Å². The zero-order valence-corrected chi connectivity index (χ0v) is 22.1. The Labute approximate surface area is 179 Å². The number of hydrogen-bond acceptors (Lipinski definition) is 0. The fourth-order valence-corrected chi connectivity index (χ4v) is 5.33. The molecular formula is C14H22Br2Cl2Si2Zr. The van der Waals surface area contributed by atoms with Crippen molar-refractivity contribution >= 4 is 68.8 Å². The van der Waals surface area contributed by atoms with Crippen molar-refractivity contribution in [3.8, 4) is 0 Å². The summed E-state index contributed by atoms with van der Waals surface area (Å²) in [4.78, 5) is 0. The first kappa shape index (κ1) is 27.7. The first-order valence-corrected chi connectivity index (χ1v) is 16.7. The molecule has 21 heavy (non-hydrogen) atoms. The van der Waals surface area contributed by atoms with E-state index in [1.54, 1.807) is 0 Å². The second-order valence-electron chi connectivity index (χ2n) is 5.34. The maximum Gasteiger partial charge on any atom is 2.00 e. The van der Waals surface area contributed by atoms with Crippen LogP contribution in [0.1, 0.15) is 12.8 Å². The van der Waals surface area contributed by atoms with Gasteiger partial charge in [0.15, 0.2) is 0 Å². The van der Waals surface area contributed by atoms with Crippen molar-refractivity contribution in [3.05, 3.63) is 46.8 Å². The molecule has 0 aromatic heterocycles. The van der Waals surface area contributed by atoms with Gasteiger partial charge in [-0.3, -0.25) is 12.2 Å². The van der Waals surface area contributed by atoms with E-state index in [1.807, 2.05) is 0 Å². The Morgan fingerprint density at radius 3 is 1.19 bits per heavy atom. The summed E-state index contributed by atoms with van der Waals surface area (Å²) in [5.74, 6) is 0. The van der Waals surface area contributed by atoms with Crippen LogP contribution < -0.4 is 0 Å². The second-order valence-corrected chi connectivity index (χ2v) is 24.2. The van der Waals surface area contributed by atoms with Gasteiger partial charge < -0.3 is 0 Å². The van der Waals surface area contributed by atoms with Crippen LogP contribution in [-0.4, -0.2) is 13.4 Å². The minimum Gasteiger partial charge on any atom is -0.273 e. The van der Waals surface area contributed by atoms with Gasteiger partial charge in [-0.2, -0.15) is 12.2 Å². The molecule has 0 saturated heterocycles. The molecule has 0 spiro atoms. The Morgan fingerprint density at radius 1 is 0.810 bits per heavy atom. The van der Waals surface area contributed by atoms with E-state index >= 15 is 0 Å². The smallest absolute Gasteiger partial charge is 0.273 e. The van der Waals surface area contributed by atoms with Gasteiger partial charge in [-0.25, -0.2) is 22.5 Å². The van der Waals surface area contributed by atoms with Gasteiger partial charge >= 0.3 is 26.2 Å². The van der Waals surface area contributed by atoms with Crippen LogP contribution >= 0.6 is 55.4 Å². The maximum atomic E-state index is 3.69. The zero-order chi connectivity index (χ0) is 13.8. The molecule has 0 bridgehead atoms. The molecule has 0 heterocycles. The number of halogens is 4. The predicted octanol–water partition coefficient (Wildman–Crippen LogP) is 6.47. The average molecular weight is 568 g/mol. The molecule has 0 N–H and O–H groups in total. The number of rotatable bonds is 2. The van der Waals surface area contributed by atoms with E-state index < -0.39 is 13.4 Å². The van der Waals surface area contributed by atoms with Crippen LogP contribution in [0.5, 0.6) is 0 Å². The Hall–Kier alpha value is 1.82. The van der Waals surface area contributed by atoms with E-state index in [-0.39, 0.29) is 51.0 Å². The van der Waals surface area contributed by atoms with Gasteiger partial charge in [0, 0.05) is 0 Å². The van der Waals surface area contributed by atoms with Crippen molar-refractivity contribution in [2.45, 2.75) is 39.0 Å². The van der Waals surface area contributed by atoms with Crippen molar-refractivity contribution in [1.82, 2.24) is 0 Å². The third kappa shape index (κ3) is 11.1. The van der Waals surface area contributed by atoms with Crippen molar-refractivity contribution < 1.29 is 26.2 Å². The molecule has 0 saturated carbocycles. The molecule has 0 nitrogen and oxygen atoms in total. The van der Waals surface area contributed by atoms with E-state index in [4.69, 9.17) is 0 Å². The molecular weight excluding hydrogens is 546 g/mol. The third-order valence-electron chi connectivity index (χ3n) is 2.67. The summed E-state index contributed by atoms with van der Waals surface area (Å²) in [7, 11) is 0. The molecule has 0 unspecified atom stereocenters. The first-order chi connectivity index (χ1) is 8.21. The largest absolute Gasteiger partial charge is 2.00 e. The monoisotopic (exact) mass is 564 g/mol. The van der Waals surface area contributed by atoms with Gasteiger partial charge in [-0.15, -0.1) is 68.2 Å². The van der Waals surface area contributed by atoms with Gasteiger partial charge in [-0.1, -0.05) is 26.2 Å². The Bertz CT molecular complexity index is 380. The first-order valence-electron chi connectivity index (χ1n) is 6.15. The molecule has 7 heteroatoms. The van der Waals surface area contributed by atoms with Crippen LogP contribution in [0.3, 0.4) is 0 Å². The van der Waals surface area contributed by atoms with Crippen molar-refractivity contribution in [2.24, 2.45) is 0 Å². The van der Waals surface area contributed by atoms with Crippen LogP contribution in [0.25, 0.3) is 0 Å². The van der Waals surface area contributed by atoms with E-state index in [0.29, 0.717) is 0 Å². The SMILES string of the molecule is C[Si](C)(Br)C1=[C-]CC=C1.C[Si](C)(Br)C1=[C-]CC=C1.Cl.Cl.[Zr+2]. The van der Waals surface area contributed by atoms with E-state index in [2.05, 4.69) is 93.2 Å². The molecule has 0 fully saturated rings. The van der Waals surface area contributed by atoms with E-state index in [1.165, 1.54) is 10.4 Å². The average Bonchev–Trinajstić information content (AvgIpc) is 2.91. The van der Waals surface area contributed by atoms with Gasteiger partial charge in [0.25, 0.3) is 0 Å². The van der Waals surface area contributed by atoms with Gasteiger partial charge in [0.2, 0.25) is 0 Å². The molecule has 0 atom stereocenters. The van der Waals surface area contributed by atoms with Crippen LogP contribution in [0.15, 0.2) is 34.7 Å². The van der Waals surface area contributed by atoms with Gasteiger partial charge in [-0.05, 0) is 0 Å². The summed E-state index contributed by atoms with van der Waals surface area (Å²) in [6.45, 7) is 6.69. The summed E-state index contributed by atoms with van der Waals surface area (Å²) in [5, 5.41) is 2.81. The molecule has 0 aromatic carbocycles. The summed E-state index contributed by atoms with van der Waals surface area (Å²) >= 11 is 7.39. The van der Waals surface area contributed by atoms with Gasteiger partial charge in [0.05, 0.1) is 0 Å². The summed E-state index contributed by atoms with van der Waals surface area (Å²) in [6.07, 6.45) is 17.3. The molecule has 2 rings (SSSR count). The van der Waals surface area contributed by atoms with Crippen molar-refractivity contribution in [1.29, 1.82) is 0 Å². The zero-order valence-electron chi connectivity index (χ0n) is 12.8. The molecule has 0 aliphatic heterocycles. The van der Waals surface area contributed by atoms with Crippen LogP contribution in [0, 0.1) is 12.2 Å². The van der Waals surface area contributed by atoms with Gasteiger partial charge in [0.1, 0.15) is 13.4 Å². The van der Waals surface area contributed by atoms with Crippen LogP contribution in [0.2, 0.25) is 26.2 Å². The molecule has 0 amide bonds.